The summed E-state index contributed by atoms with van der Waals surface area (Å²) in [6.07, 6.45) is 1.74. The van der Waals surface area contributed by atoms with Gasteiger partial charge in [-0.2, -0.15) is 0 Å². The lowest BCUT2D eigenvalue weighted by Crippen LogP contribution is -2.21. The highest BCUT2D eigenvalue weighted by Gasteiger charge is 2.16. The highest BCUT2D eigenvalue weighted by molar-refractivity contribution is 5.92. The van der Waals surface area contributed by atoms with Crippen LogP contribution in [0.3, 0.4) is 0 Å². The van der Waals surface area contributed by atoms with Gasteiger partial charge in [0.1, 0.15) is 5.76 Å². The van der Waals surface area contributed by atoms with E-state index >= 15 is 0 Å². The number of carbonyl (C=O) groups excluding carboxylic acids is 1. The number of aromatic nitrogens is 1. The van der Waals surface area contributed by atoms with Crippen LogP contribution < -0.4 is 10.2 Å². The molecule has 1 heterocycles. The Balaban J connectivity index is 2.01. The Morgan fingerprint density at radius 2 is 1.96 bits per heavy atom. The number of benzene rings is 1. The van der Waals surface area contributed by atoms with Crippen LogP contribution in [0.4, 0.5) is 11.4 Å². The van der Waals surface area contributed by atoms with Gasteiger partial charge in [0.05, 0.1) is 18.7 Å². The van der Waals surface area contributed by atoms with Gasteiger partial charge < -0.3 is 19.8 Å². The van der Waals surface area contributed by atoms with E-state index in [4.69, 9.17) is 9.63 Å². The summed E-state index contributed by atoms with van der Waals surface area (Å²) in [5.41, 5.74) is 3.48. The van der Waals surface area contributed by atoms with Crippen LogP contribution in [0.25, 0.3) is 0 Å². The topological polar surface area (TPSA) is 78.6 Å². The van der Waals surface area contributed by atoms with Crippen molar-refractivity contribution in [1.29, 1.82) is 0 Å². The van der Waals surface area contributed by atoms with Crippen molar-refractivity contribution in [2.75, 3.05) is 30.4 Å². The molecule has 0 fully saturated rings. The summed E-state index contributed by atoms with van der Waals surface area (Å²) < 4.78 is 5.30. The fourth-order valence-electron chi connectivity index (χ4n) is 2.58. The highest BCUT2D eigenvalue weighted by atomic mass is 16.5. The lowest BCUT2D eigenvalue weighted by molar-refractivity contribution is -0.115. The minimum atomic E-state index is -0.0842. The molecule has 0 aliphatic carbocycles. The van der Waals surface area contributed by atoms with Crippen molar-refractivity contribution in [1.82, 2.24) is 5.16 Å². The van der Waals surface area contributed by atoms with Crippen molar-refractivity contribution < 1.29 is 14.4 Å². The standard InChI is InChI=1S/C18H25N3O3/c1-4-16-15(17(5-2)24-20-16)12-18(23)19-13-6-8-14(9-7-13)21(3)10-11-22/h6-9,22H,4-5,10-12H2,1-3H3,(H,19,23). The Labute approximate surface area is 142 Å². The molecule has 0 spiro atoms. The average molecular weight is 331 g/mol. The number of aryl methyl sites for hydroxylation is 2. The van der Waals surface area contributed by atoms with Gasteiger partial charge in [-0.05, 0) is 30.7 Å². The predicted molar refractivity (Wildman–Crippen MR) is 94.4 cm³/mol. The number of hydrogen-bond acceptors (Lipinski definition) is 5. The third kappa shape index (κ3) is 4.35. The first-order valence-corrected chi connectivity index (χ1v) is 8.27. The van der Waals surface area contributed by atoms with Crippen LogP contribution >= 0.6 is 0 Å². The Morgan fingerprint density at radius 3 is 2.54 bits per heavy atom. The fraction of sp³-hybridized carbons (Fsp3) is 0.444. The summed E-state index contributed by atoms with van der Waals surface area (Å²) >= 11 is 0. The first kappa shape index (κ1) is 18.0. The van der Waals surface area contributed by atoms with Gasteiger partial charge in [0.2, 0.25) is 5.91 Å². The molecule has 2 rings (SSSR count). The molecule has 1 aromatic heterocycles. The van der Waals surface area contributed by atoms with Crippen LogP contribution in [0.5, 0.6) is 0 Å². The van der Waals surface area contributed by atoms with E-state index in [1.807, 2.05) is 50.1 Å². The van der Waals surface area contributed by atoms with Crippen LogP contribution in [0.1, 0.15) is 30.9 Å². The molecule has 0 saturated heterocycles. The molecule has 6 heteroatoms. The first-order chi connectivity index (χ1) is 11.6. The van der Waals surface area contributed by atoms with Crippen LogP contribution in [0.2, 0.25) is 0 Å². The maximum atomic E-state index is 12.3. The number of carbonyl (C=O) groups is 1. The number of likely N-dealkylation sites (N-methyl/N-ethyl adjacent to an activating group) is 1. The lowest BCUT2D eigenvalue weighted by atomic mass is 10.1. The number of anilines is 2. The maximum Gasteiger partial charge on any atom is 0.228 e. The molecule has 0 unspecified atom stereocenters. The van der Waals surface area contributed by atoms with Crippen LogP contribution in [-0.4, -0.2) is 36.4 Å². The van der Waals surface area contributed by atoms with E-state index in [-0.39, 0.29) is 18.9 Å². The van der Waals surface area contributed by atoms with Gasteiger partial charge in [-0.1, -0.05) is 19.0 Å². The molecule has 0 aliphatic heterocycles. The van der Waals surface area contributed by atoms with Crippen molar-refractivity contribution in [3.8, 4) is 0 Å². The van der Waals surface area contributed by atoms with Gasteiger partial charge in [-0.25, -0.2) is 0 Å². The van der Waals surface area contributed by atoms with Crippen molar-refractivity contribution in [3.63, 3.8) is 0 Å². The number of nitrogens with zero attached hydrogens (tertiary/aromatic N) is 2. The number of amides is 1. The van der Waals surface area contributed by atoms with Crippen molar-refractivity contribution in [3.05, 3.63) is 41.3 Å². The van der Waals surface area contributed by atoms with E-state index in [2.05, 4.69) is 10.5 Å². The molecular weight excluding hydrogens is 306 g/mol. The number of nitrogens with one attached hydrogen (secondary N) is 1. The molecule has 0 aliphatic rings. The van der Waals surface area contributed by atoms with Crippen LogP contribution in [0.15, 0.2) is 28.8 Å². The molecule has 2 N–H and O–H groups in total. The van der Waals surface area contributed by atoms with Gasteiger partial charge >= 0.3 is 0 Å². The molecule has 24 heavy (non-hydrogen) atoms. The number of rotatable bonds is 8. The molecule has 0 saturated carbocycles. The molecule has 0 atom stereocenters. The van der Waals surface area contributed by atoms with Gasteiger partial charge in [0, 0.05) is 37.0 Å². The number of aliphatic hydroxyl groups excluding tert-OH is 1. The van der Waals surface area contributed by atoms with Gasteiger partial charge in [0.15, 0.2) is 0 Å². The number of aliphatic hydroxyl groups is 1. The summed E-state index contributed by atoms with van der Waals surface area (Å²) in [7, 11) is 1.91. The minimum absolute atomic E-state index is 0.0842. The first-order valence-electron chi connectivity index (χ1n) is 8.27. The lowest BCUT2D eigenvalue weighted by Gasteiger charge is -2.18. The van der Waals surface area contributed by atoms with Gasteiger partial charge in [-0.15, -0.1) is 0 Å². The van der Waals surface area contributed by atoms with Crippen molar-refractivity contribution in [2.24, 2.45) is 0 Å². The normalized spacial score (nSPS) is 10.7. The smallest absolute Gasteiger partial charge is 0.228 e. The summed E-state index contributed by atoms with van der Waals surface area (Å²) in [6, 6.07) is 7.55. The molecular formula is C18H25N3O3. The zero-order chi connectivity index (χ0) is 17.5. The highest BCUT2D eigenvalue weighted by Crippen LogP contribution is 2.19. The molecule has 6 nitrogen and oxygen atoms in total. The Kier molecular flexibility index (Phi) is 6.37. The van der Waals surface area contributed by atoms with E-state index in [9.17, 15) is 4.79 Å². The second kappa shape index (κ2) is 8.49. The fourth-order valence-corrected chi connectivity index (χ4v) is 2.58. The minimum Gasteiger partial charge on any atom is -0.395 e. The quantitative estimate of drug-likeness (QED) is 0.776. The summed E-state index contributed by atoms with van der Waals surface area (Å²) in [5, 5.41) is 15.9. The van der Waals surface area contributed by atoms with Crippen LogP contribution in [0, 0.1) is 0 Å². The SMILES string of the molecule is CCc1noc(CC)c1CC(=O)Nc1ccc(N(C)CCO)cc1. The van der Waals surface area contributed by atoms with E-state index in [0.29, 0.717) is 6.54 Å². The maximum absolute atomic E-state index is 12.3. The third-order valence-electron chi connectivity index (χ3n) is 3.97. The average Bonchev–Trinajstić information content (AvgIpc) is 2.97. The van der Waals surface area contributed by atoms with E-state index in [1.165, 1.54) is 0 Å². The molecule has 1 amide bonds. The molecule has 2 aromatic rings. The zero-order valence-electron chi connectivity index (χ0n) is 14.5. The Morgan fingerprint density at radius 1 is 1.25 bits per heavy atom. The molecule has 1 aromatic carbocycles. The zero-order valence-corrected chi connectivity index (χ0v) is 14.5. The third-order valence-corrected chi connectivity index (χ3v) is 3.97. The monoisotopic (exact) mass is 331 g/mol. The summed E-state index contributed by atoms with van der Waals surface area (Å²) in [4.78, 5) is 14.3. The van der Waals surface area contributed by atoms with E-state index in [0.717, 1.165) is 41.2 Å². The second-order valence-electron chi connectivity index (χ2n) is 5.66. The predicted octanol–water partition coefficient (Wildman–Crippen LogP) is 2.41. The Hall–Kier alpha value is -2.34. The van der Waals surface area contributed by atoms with Crippen molar-refractivity contribution in [2.45, 2.75) is 33.1 Å². The molecule has 0 radical (unpaired) electrons. The van der Waals surface area contributed by atoms with Crippen molar-refractivity contribution >= 4 is 17.3 Å². The van der Waals surface area contributed by atoms with E-state index < -0.39 is 0 Å². The summed E-state index contributed by atoms with van der Waals surface area (Å²) in [5.74, 6) is 0.696. The molecule has 0 bridgehead atoms. The summed E-state index contributed by atoms with van der Waals surface area (Å²) in [6.45, 7) is 4.66. The van der Waals surface area contributed by atoms with E-state index in [1.54, 1.807) is 0 Å². The number of hydrogen-bond donors (Lipinski definition) is 2. The van der Waals surface area contributed by atoms with Gasteiger partial charge in [0.25, 0.3) is 0 Å². The molecule has 130 valence electrons. The van der Waals surface area contributed by atoms with Crippen LogP contribution in [-0.2, 0) is 24.1 Å². The van der Waals surface area contributed by atoms with Gasteiger partial charge in [-0.3, -0.25) is 4.79 Å². The second-order valence-corrected chi connectivity index (χ2v) is 5.66. The largest absolute Gasteiger partial charge is 0.395 e. The Bertz CT molecular complexity index is 643.